The number of carbonyl (C=O) groups is 2. The van der Waals surface area contributed by atoms with Crippen LogP contribution in [0.5, 0.6) is 0 Å². The van der Waals surface area contributed by atoms with E-state index in [4.69, 9.17) is 9.26 Å². The minimum atomic E-state index is -0.210. The van der Waals surface area contributed by atoms with Crippen molar-refractivity contribution in [3.8, 4) is 0 Å². The highest BCUT2D eigenvalue weighted by Crippen LogP contribution is 2.36. The molecule has 1 saturated heterocycles. The molecule has 2 fully saturated rings. The third kappa shape index (κ3) is 4.83. The highest BCUT2D eigenvalue weighted by Gasteiger charge is 2.32. The van der Waals surface area contributed by atoms with Crippen LogP contribution in [-0.4, -0.2) is 50.9 Å². The summed E-state index contributed by atoms with van der Waals surface area (Å²) in [5.41, 5.74) is 1.69. The summed E-state index contributed by atoms with van der Waals surface area (Å²) in [4.78, 5) is 26.5. The van der Waals surface area contributed by atoms with Gasteiger partial charge in [-0.25, -0.2) is 4.79 Å². The summed E-state index contributed by atoms with van der Waals surface area (Å²) in [6.07, 6.45) is 5.63. The first kappa shape index (κ1) is 20.4. The van der Waals surface area contributed by atoms with E-state index >= 15 is 0 Å². The zero-order chi connectivity index (χ0) is 21.1. The zero-order valence-electron chi connectivity index (χ0n) is 17.5. The van der Waals surface area contributed by atoms with Crippen LogP contribution in [0.1, 0.15) is 68.5 Å². The van der Waals surface area contributed by atoms with Gasteiger partial charge < -0.3 is 19.5 Å². The number of aryl methyl sites for hydroxylation is 1. The number of hydrogen-bond acceptors (Lipinski definition) is 6. The highest BCUT2D eigenvalue weighted by atomic mass is 16.6. The van der Waals surface area contributed by atoms with Crippen molar-refractivity contribution in [2.24, 2.45) is 0 Å². The van der Waals surface area contributed by atoms with E-state index in [2.05, 4.69) is 27.6 Å². The van der Waals surface area contributed by atoms with Gasteiger partial charge in [0, 0.05) is 36.3 Å². The summed E-state index contributed by atoms with van der Waals surface area (Å²) in [6, 6.07) is 3.84. The van der Waals surface area contributed by atoms with Gasteiger partial charge in [-0.3, -0.25) is 9.89 Å². The van der Waals surface area contributed by atoms with Crippen molar-refractivity contribution in [1.29, 1.82) is 0 Å². The van der Waals surface area contributed by atoms with Gasteiger partial charge in [0.15, 0.2) is 5.82 Å². The fraction of sp³-hybridized carbons (Fsp3) is 0.619. The number of carbonyl (C=O) groups excluding carboxylic acids is 2. The number of ether oxygens (including phenoxy) is 1. The monoisotopic (exact) mass is 415 g/mol. The van der Waals surface area contributed by atoms with E-state index in [-0.39, 0.29) is 36.5 Å². The Morgan fingerprint density at radius 1 is 1.30 bits per heavy atom. The standard InChI is InChI=1S/C21H29N5O4/c1-13-9-17(30-25-13)11-20(27)22-19-12-18(23-24-19)15-6-7-16(10-15)29-21(28)26-8-4-3-5-14(26)2/h9,12,14-16H,3-8,10-11H2,1-2H3,(H2,22,23,24,27)/t14-,15+,16-/m1/s1. The Hall–Kier alpha value is -2.84. The molecule has 0 radical (unpaired) electrons. The Morgan fingerprint density at radius 3 is 2.93 bits per heavy atom. The van der Waals surface area contributed by atoms with Gasteiger partial charge in [0.1, 0.15) is 11.9 Å². The summed E-state index contributed by atoms with van der Waals surface area (Å²) < 4.78 is 10.8. The van der Waals surface area contributed by atoms with Crippen LogP contribution in [0.2, 0.25) is 0 Å². The third-order valence-electron chi connectivity index (χ3n) is 6.01. The second-order valence-corrected chi connectivity index (χ2v) is 8.42. The molecular formula is C21H29N5O4. The molecule has 9 heteroatoms. The fourth-order valence-electron chi connectivity index (χ4n) is 4.36. The van der Waals surface area contributed by atoms with Gasteiger partial charge in [0.25, 0.3) is 0 Å². The molecule has 4 rings (SSSR count). The van der Waals surface area contributed by atoms with E-state index in [1.165, 1.54) is 6.42 Å². The summed E-state index contributed by atoms with van der Waals surface area (Å²) in [6.45, 7) is 4.68. The number of aromatic amines is 1. The number of aromatic nitrogens is 3. The number of rotatable bonds is 5. The maximum absolute atomic E-state index is 12.5. The lowest BCUT2D eigenvalue weighted by Crippen LogP contribution is -2.43. The maximum Gasteiger partial charge on any atom is 0.410 e. The van der Waals surface area contributed by atoms with Crippen LogP contribution < -0.4 is 5.32 Å². The number of hydrogen-bond donors (Lipinski definition) is 2. The molecule has 30 heavy (non-hydrogen) atoms. The molecule has 0 aromatic carbocycles. The van der Waals surface area contributed by atoms with Gasteiger partial charge in [0.05, 0.1) is 12.1 Å². The summed E-state index contributed by atoms with van der Waals surface area (Å²) in [5.74, 6) is 1.02. The van der Waals surface area contributed by atoms with E-state index in [9.17, 15) is 9.59 Å². The predicted octanol–water partition coefficient (Wildman–Crippen LogP) is 3.53. The predicted molar refractivity (Wildman–Crippen MR) is 109 cm³/mol. The molecule has 2 amide bonds. The van der Waals surface area contributed by atoms with Crippen LogP contribution in [0, 0.1) is 6.92 Å². The third-order valence-corrected chi connectivity index (χ3v) is 6.01. The molecule has 3 heterocycles. The quantitative estimate of drug-likeness (QED) is 0.772. The van der Waals surface area contributed by atoms with Crippen molar-refractivity contribution < 1.29 is 18.8 Å². The van der Waals surface area contributed by atoms with Crippen molar-refractivity contribution in [2.45, 2.75) is 76.9 Å². The fourth-order valence-corrected chi connectivity index (χ4v) is 4.36. The van der Waals surface area contributed by atoms with Crippen molar-refractivity contribution in [1.82, 2.24) is 20.3 Å². The Kier molecular flexibility index (Phi) is 6.06. The number of anilines is 1. The van der Waals surface area contributed by atoms with Crippen LogP contribution in [0.25, 0.3) is 0 Å². The van der Waals surface area contributed by atoms with Crippen molar-refractivity contribution in [3.05, 3.63) is 29.3 Å². The molecule has 1 aliphatic heterocycles. The molecule has 2 aromatic rings. The minimum absolute atomic E-state index is 0.0762. The van der Waals surface area contributed by atoms with Gasteiger partial charge in [0.2, 0.25) is 5.91 Å². The lowest BCUT2D eigenvalue weighted by atomic mass is 10.0. The average molecular weight is 415 g/mol. The molecule has 3 atom stereocenters. The second kappa shape index (κ2) is 8.89. The minimum Gasteiger partial charge on any atom is -0.446 e. The molecule has 0 unspecified atom stereocenters. The molecule has 1 saturated carbocycles. The molecule has 1 aliphatic carbocycles. The van der Waals surface area contributed by atoms with Crippen molar-refractivity contribution >= 4 is 17.8 Å². The van der Waals surface area contributed by atoms with E-state index in [0.717, 1.165) is 50.0 Å². The molecule has 2 aromatic heterocycles. The Labute approximate surface area is 175 Å². The van der Waals surface area contributed by atoms with E-state index < -0.39 is 0 Å². The largest absolute Gasteiger partial charge is 0.446 e. The highest BCUT2D eigenvalue weighted by molar-refractivity contribution is 5.91. The molecule has 0 bridgehead atoms. The van der Waals surface area contributed by atoms with Crippen LogP contribution in [0.3, 0.4) is 0 Å². The van der Waals surface area contributed by atoms with Gasteiger partial charge in [-0.05, 0) is 52.4 Å². The van der Waals surface area contributed by atoms with E-state index in [0.29, 0.717) is 11.6 Å². The topological polar surface area (TPSA) is 113 Å². The number of likely N-dealkylation sites (tertiary alicyclic amines) is 1. The number of H-pyrrole nitrogens is 1. The number of amides is 2. The van der Waals surface area contributed by atoms with Crippen LogP contribution >= 0.6 is 0 Å². The summed E-state index contributed by atoms with van der Waals surface area (Å²) in [5, 5.41) is 13.8. The average Bonchev–Trinajstić information content (AvgIpc) is 3.44. The summed E-state index contributed by atoms with van der Waals surface area (Å²) >= 11 is 0. The van der Waals surface area contributed by atoms with Crippen molar-refractivity contribution in [2.75, 3.05) is 11.9 Å². The molecule has 0 spiro atoms. The van der Waals surface area contributed by atoms with E-state index in [1.807, 2.05) is 17.9 Å². The smallest absolute Gasteiger partial charge is 0.410 e. The SMILES string of the molecule is Cc1cc(CC(=O)Nc2cc([C@H]3CC[C@@H](OC(=O)N4CCCC[C@H]4C)C3)[nH]n2)on1. The molecule has 9 nitrogen and oxygen atoms in total. The summed E-state index contributed by atoms with van der Waals surface area (Å²) in [7, 11) is 0. The lowest BCUT2D eigenvalue weighted by Gasteiger charge is -2.33. The first-order valence-corrected chi connectivity index (χ1v) is 10.7. The number of nitrogens with one attached hydrogen (secondary N) is 2. The Balaban J connectivity index is 1.27. The normalized spacial score (nSPS) is 24.1. The second-order valence-electron chi connectivity index (χ2n) is 8.42. The maximum atomic E-state index is 12.5. The van der Waals surface area contributed by atoms with Gasteiger partial charge in [-0.2, -0.15) is 5.10 Å². The number of piperidine rings is 1. The molecule has 162 valence electrons. The van der Waals surface area contributed by atoms with Crippen LogP contribution in [0.4, 0.5) is 10.6 Å². The van der Waals surface area contributed by atoms with Crippen LogP contribution in [-0.2, 0) is 16.0 Å². The number of nitrogens with zero attached hydrogens (tertiary/aromatic N) is 3. The lowest BCUT2D eigenvalue weighted by molar-refractivity contribution is -0.115. The van der Waals surface area contributed by atoms with Gasteiger partial charge in [-0.15, -0.1) is 0 Å². The molecule has 2 aliphatic rings. The Bertz CT molecular complexity index is 892. The molecular weight excluding hydrogens is 386 g/mol. The first-order valence-electron chi connectivity index (χ1n) is 10.7. The first-order chi connectivity index (χ1) is 14.5. The van der Waals surface area contributed by atoms with E-state index in [1.54, 1.807) is 6.07 Å². The van der Waals surface area contributed by atoms with Gasteiger partial charge in [-0.1, -0.05) is 5.16 Å². The van der Waals surface area contributed by atoms with Crippen LogP contribution in [0.15, 0.2) is 16.7 Å². The van der Waals surface area contributed by atoms with Gasteiger partial charge >= 0.3 is 6.09 Å². The molecule has 2 N–H and O–H groups in total. The van der Waals surface area contributed by atoms with Crippen molar-refractivity contribution in [3.63, 3.8) is 0 Å². The zero-order valence-corrected chi connectivity index (χ0v) is 17.5. The Morgan fingerprint density at radius 2 is 2.17 bits per heavy atom.